The van der Waals surface area contributed by atoms with Gasteiger partial charge in [-0.05, 0) is 61.3 Å². The van der Waals surface area contributed by atoms with Crippen molar-refractivity contribution in [2.75, 3.05) is 25.4 Å². The molecule has 1 aliphatic carbocycles. The Morgan fingerprint density at radius 1 is 1.05 bits per heavy atom. The molecule has 1 saturated carbocycles. The minimum absolute atomic E-state index is 0.0421. The lowest BCUT2D eigenvalue weighted by Crippen LogP contribution is -2.52. The van der Waals surface area contributed by atoms with Gasteiger partial charge in [0.2, 0.25) is 0 Å². The van der Waals surface area contributed by atoms with Crippen LogP contribution in [0.3, 0.4) is 0 Å². The highest BCUT2D eigenvalue weighted by Gasteiger charge is 2.33. The number of sulfone groups is 1. The fraction of sp³-hybridized carbons (Fsp3) is 0.594. The standard InChI is InChI=1S/C32H47F2N3O5S/c1-3-8-29(9-4-2)43(40,41)22-28(36-32(39)42-21-24-10-6-5-7-11-24)19-37(18-23-12-13-23)20-31(38)30(35)16-25-14-26(33)17-27(34)15-25/h5-7,10-11,14-15,17,23,28-31,38H,3-4,8-9,12-13,16,18-22,35H2,1-2H3,(H,36,39). The summed E-state index contributed by atoms with van der Waals surface area (Å²) in [5.74, 6) is -1.29. The zero-order chi connectivity index (χ0) is 31.4. The van der Waals surface area contributed by atoms with Gasteiger partial charge in [0.15, 0.2) is 9.84 Å². The maximum absolute atomic E-state index is 13.7. The summed E-state index contributed by atoms with van der Waals surface area (Å²) in [5, 5.41) is 13.3. The van der Waals surface area contributed by atoms with Crippen molar-refractivity contribution >= 4 is 15.9 Å². The average molecular weight is 624 g/mol. The van der Waals surface area contributed by atoms with E-state index in [1.54, 1.807) is 0 Å². The molecule has 0 aromatic heterocycles. The Balaban J connectivity index is 1.73. The van der Waals surface area contributed by atoms with Crippen LogP contribution in [-0.2, 0) is 27.6 Å². The van der Waals surface area contributed by atoms with Gasteiger partial charge in [0.1, 0.15) is 18.2 Å². The number of nitrogens with zero attached hydrogens (tertiary/aromatic N) is 1. The number of amides is 1. The summed E-state index contributed by atoms with van der Waals surface area (Å²) < 4.78 is 59.9. The molecule has 3 rings (SSSR count). The van der Waals surface area contributed by atoms with Crippen LogP contribution in [-0.4, -0.2) is 73.3 Å². The Morgan fingerprint density at radius 3 is 2.26 bits per heavy atom. The first kappa shape index (κ1) is 34.9. The summed E-state index contributed by atoms with van der Waals surface area (Å²) in [4.78, 5) is 14.8. The summed E-state index contributed by atoms with van der Waals surface area (Å²) in [6.07, 6.45) is 2.87. The summed E-state index contributed by atoms with van der Waals surface area (Å²) >= 11 is 0. The van der Waals surface area contributed by atoms with Crippen LogP contribution in [0, 0.1) is 17.6 Å². The Labute approximate surface area is 254 Å². The molecule has 2 aromatic rings. The molecule has 1 amide bonds. The molecule has 3 unspecified atom stereocenters. The normalized spacial score (nSPS) is 15.8. The summed E-state index contributed by atoms with van der Waals surface area (Å²) in [6, 6.07) is 10.7. The van der Waals surface area contributed by atoms with Crippen LogP contribution < -0.4 is 11.1 Å². The van der Waals surface area contributed by atoms with E-state index in [2.05, 4.69) is 5.32 Å². The maximum Gasteiger partial charge on any atom is 0.407 e. The minimum atomic E-state index is -3.57. The number of ether oxygens (including phenoxy) is 1. The lowest BCUT2D eigenvalue weighted by molar-refractivity contribution is 0.0830. The van der Waals surface area contributed by atoms with Gasteiger partial charge in [0, 0.05) is 31.7 Å². The first-order valence-corrected chi connectivity index (χ1v) is 17.0. The number of rotatable bonds is 19. The molecule has 11 heteroatoms. The first-order chi connectivity index (χ1) is 20.5. The quantitative estimate of drug-likeness (QED) is 0.209. The fourth-order valence-electron chi connectivity index (χ4n) is 5.37. The zero-order valence-corrected chi connectivity index (χ0v) is 26.1. The molecule has 8 nitrogen and oxygen atoms in total. The molecular formula is C32H47F2N3O5S. The molecule has 240 valence electrons. The van der Waals surface area contributed by atoms with Crippen LogP contribution in [0.15, 0.2) is 48.5 Å². The van der Waals surface area contributed by atoms with Gasteiger partial charge in [-0.2, -0.15) is 0 Å². The van der Waals surface area contributed by atoms with Crippen LogP contribution in [0.1, 0.15) is 63.5 Å². The lowest BCUT2D eigenvalue weighted by Gasteiger charge is -2.32. The Hall–Kier alpha value is -2.60. The van der Waals surface area contributed by atoms with Crippen LogP contribution in [0.5, 0.6) is 0 Å². The average Bonchev–Trinajstić information content (AvgIpc) is 3.75. The number of nitrogens with two attached hydrogens (primary N) is 1. The van der Waals surface area contributed by atoms with Gasteiger partial charge in [-0.1, -0.05) is 57.0 Å². The van der Waals surface area contributed by atoms with Crippen LogP contribution in [0.2, 0.25) is 0 Å². The van der Waals surface area contributed by atoms with Crippen LogP contribution in [0.4, 0.5) is 13.6 Å². The molecule has 4 N–H and O–H groups in total. The Bertz CT molecular complexity index is 1220. The second-order valence-electron chi connectivity index (χ2n) is 11.8. The van der Waals surface area contributed by atoms with E-state index in [1.807, 2.05) is 49.1 Å². The predicted octanol–water partition coefficient (Wildman–Crippen LogP) is 4.59. The molecule has 0 spiro atoms. The third-order valence-corrected chi connectivity index (χ3v) is 10.1. The third-order valence-electron chi connectivity index (χ3n) is 7.72. The predicted molar refractivity (Wildman–Crippen MR) is 164 cm³/mol. The van der Waals surface area contributed by atoms with E-state index in [4.69, 9.17) is 10.5 Å². The third kappa shape index (κ3) is 12.5. The SMILES string of the molecule is CCCC(CCC)S(=O)(=O)CC(CN(CC1CC1)CC(O)C(N)Cc1cc(F)cc(F)c1)NC(=O)OCc1ccccc1. The van der Waals surface area contributed by atoms with Crippen molar-refractivity contribution in [3.63, 3.8) is 0 Å². The van der Waals surface area contributed by atoms with Crippen LogP contribution in [0.25, 0.3) is 0 Å². The van der Waals surface area contributed by atoms with Crippen molar-refractivity contribution in [2.45, 2.75) is 88.8 Å². The van der Waals surface area contributed by atoms with Crippen molar-refractivity contribution in [3.05, 3.63) is 71.3 Å². The van der Waals surface area contributed by atoms with E-state index in [1.165, 1.54) is 12.1 Å². The summed E-state index contributed by atoms with van der Waals surface area (Å²) in [6.45, 7) is 4.83. The van der Waals surface area contributed by atoms with E-state index < -0.39 is 51.0 Å². The van der Waals surface area contributed by atoms with Crippen molar-refractivity contribution in [1.82, 2.24) is 10.2 Å². The number of halogens is 2. The lowest BCUT2D eigenvalue weighted by atomic mass is 10.0. The number of alkyl carbamates (subject to hydrolysis) is 1. The highest BCUT2D eigenvalue weighted by molar-refractivity contribution is 7.92. The number of carbonyl (C=O) groups is 1. The largest absolute Gasteiger partial charge is 0.445 e. The molecule has 0 bridgehead atoms. The molecule has 43 heavy (non-hydrogen) atoms. The van der Waals surface area contributed by atoms with Gasteiger partial charge < -0.3 is 20.9 Å². The molecule has 1 fully saturated rings. The number of aliphatic hydroxyl groups is 1. The second kappa shape index (κ2) is 17.0. The Kier molecular flexibility index (Phi) is 13.8. The van der Waals surface area contributed by atoms with E-state index in [0.717, 1.165) is 37.3 Å². The van der Waals surface area contributed by atoms with E-state index in [0.29, 0.717) is 30.9 Å². The maximum atomic E-state index is 13.7. The molecule has 0 heterocycles. The zero-order valence-electron chi connectivity index (χ0n) is 25.3. The minimum Gasteiger partial charge on any atom is -0.445 e. The number of nitrogens with one attached hydrogen (secondary N) is 1. The molecule has 2 aromatic carbocycles. The molecular weight excluding hydrogens is 576 g/mol. The van der Waals surface area contributed by atoms with Gasteiger partial charge in [0.05, 0.1) is 23.1 Å². The number of hydrogen-bond donors (Lipinski definition) is 3. The second-order valence-corrected chi connectivity index (χ2v) is 14.1. The molecule has 3 atom stereocenters. The molecule has 0 saturated heterocycles. The molecule has 1 aliphatic rings. The van der Waals surface area contributed by atoms with Gasteiger partial charge in [-0.15, -0.1) is 0 Å². The first-order valence-electron chi connectivity index (χ1n) is 15.3. The van der Waals surface area contributed by atoms with Crippen molar-refractivity contribution in [3.8, 4) is 0 Å². The highest BCUT2D eigenvalue weighted by Crippen LogP contribution is 2.30. The summed E-state index contributed by atoms with van der Waals surface area (Å²) in [7, 11) is -3.57. The Morgan fingerprint density at radius 2 is 1.67 bits per heavy atom. The summed E-state index contributed by atoms with van der Waals surface area (Å²) in [5.41, 5.74) is 7.39. The monoisotopic (exact) mass is 623 g/mol. The van der Waals surface area contributed by atoms with E-state index in [-0.39, 0.29) is 31.9 Å². The van der Waals surface area contributed by atoms with Gasteiger partial charge >= 0.3 is 6.09 Å². The smallest absolute Gasteiger partial charge is 0.407 e. The van der Waals surface area contributed by atoms with E-state index >= 15 is 0 Å². The number of benzene rings is 2. The van der Waals surface area contributed by atoms with Gasteiger partial charge in [-0.3, -0.25) is 4.90 Å². The number of aliphatic hydroxyl groups excluding tert-OH is 1. The fourth-order valence-corrected chi connectivity index (χ4v) is 7.58. The van der Waals surface area contributed by atoms with Crippen molar-refractivity contribution in [2.24, 2.45) is 11.7 Å². The van der Waals surface area contributed by atoms with Gasteiger partial charge in [0.25, 0.3) is 0 Å². The topological polar surface area (TPSA) is 122 Å². The van der Waals surface area contributed by atoms with Crippen LogP contribution >= 0.6 is 0 Å². The number of carbonyl (C=O) groups excluding carboxylic acids is 1. The van der Waals surface area contributed by atoms with E-state index in [9.17, 15) is 27.1 Å². The van der Waals surface area contributed by atoms with Crippen molar-refractivity contribution < 1.29 is 31.8 Å². The highest BCUT2D eigenvalue weighted by atomic mass is 32.2. The van der Waals surface area contributed by atoms with Crippen molar-refractivity contribution in [1.29, 1.82) is 0 Å². The number of hydrogen-bond acceptors (Lipinski definition) is 7. The van der Waals surface area contributed by atoms with Gasteiger partial charge in [-0.25, -0.2) is 22.0 Å². The molecule has 0 radical (unpaired) electrons. The molecule has 0 aliphatic heterocycles.